The van der Waals surface area contributed by atoms with E-state index >= 15 is 0 Å². The lowest BCUT2D eigenvalue weighted by atomic mass is 10.4. The first-order chi connectivity index (χ1) is 5.11. The summed E-state index contributed by atoms with van der Waals surface area (Å²) in [4.78, 5) is 6.10. The van der Waals surface area contributed by atoms with E-state index in [0.717, 1.165) is 15.1 Å². The van der Waals surface area contributed by atoms with E-state index in [1.165, 1.54) is 0 Å². The number of rotatable bonds is 1. The summed E-state index contributed by atoms with van der Waals surface area (Å²) in [5.74, 6) is 0.892. The van der Waals surface area contributed by atoms with Crippen LogP contribution >= 0.6 is 22.6 Å². The van der Waals surface area contributed by atoms with Crippen LogP contribution in [0.4, 0.5) is 11.5 Å². The van der Waals surface area contributed by atoms with Crippen LogP contribution in [-0.4, -0.2) is 19.1 Å². The van der Waals surface area contributed by atoms with Gasteiger partial charge in [0.2, 0.25) is 0 Å². The molecule has 1 aromatic rings. The third-order valence-electron chi connectivity index (χ3n) is 1.33. The molecule has 0 amide bonds. The maximum Gasteiger partial charge on any atom is 0.130 e. The van der Waals surface area contributed by atoms with Crippen LogP contribution in [0.15, 0.2) is 12.3 Å². The Morgan fingerprint density at radius 1 is 1.55 bits per heavy atom. The SMILES string of the molecule is CN(C)c1cc(N)c(I)cn1. The Morgan fingerprint density at radius 2 is 2.18 bits per heavy atom. The van der Waals surface area contributed by atoms with Crippen LogP contribution in [-0.2, 0) is 0 Å². The van der Waals surface area contributed by atoms with Gasteiger partial charge in [0, 0.05) is 26.4 Å². The molecule has 0 unspecified atom stereocenters. The van der Waals surface area contributed by atoms with E-state index in [2.05, 4.69) is 27.6 Å². The zero-order chi connectivity index (χ0) is 8.43. The number of hydrogen-bond acceptors (Lipinski definition) is 3. The van der Waals surface area contributed by atoms with Crippen molar-refractivity contribution in [2.24, 2.45) is 0 Å². The number of pyridine rings is 1. The predicted molar refractivity (Wildman–Crippen MR) is 55.7 cm³/mol. The molecule has 0 bridgehead atoms. The van der Waals surface area contributed by atoms with Crippen molar-refractivity contribution < 1.29 is 0 Å². The van der Waals surface area contributed by atoms with Crippen molar-refractivity contribution in [2.45, 2.75) is 0 Å². The highest BCUT2D eigenvalue weighted by Crippen LogP contribution is 2.17. The van der Waals surface area contributed by atoms with Gasteiger partial charge in [-0.25, -0.2) is 4.98 Å². The summed E-state index contributed by atoms with van der Waals surface area (Å²) in [5.41, 5.74) is 6.47. The van der Waals surface area contributed by atoms with Gasteiger partial charge in [0.25, 0.3) is 0 Å². The van der Waals surface area contributed by atoms with Gasteiger partial charge in [-0.05, 0) is 22.6 Å². The molecule has 0 spiro atoms. The van der Waals surface area contributed by atoms with Crippen molar-refractivity contribution >= 4 is 34.1 Å². The van der Waals surface area contributed by atoms with Gasteiger partial charge < -0.3 is 10.6 Å². The predicted octanol–water partition coefficient (Wildman–Crippen LogP) is 1.33. The lowest BCUT2D eigenvalue weighted by Crippen LogP contribution is -2.11. The number of halogens is 1. The number of nitrogens with zero attached hydrogens (tertiary/aromatic N) is 2. The average molecular weight is 263 g/mol. The molecule has 1 aromatic heterocycles. The first-order valence-electron chi connectivity index (χ1n) is 3.19. The maximum atomic E-state index is 5.68. The minimum absolute atomic E-state index is 0.782. The molecule has 0 aromatic carbocycles. The smallest absolute Gasteiger partial charge is 0.130 e. The van der Waals surface area contributed by atoms with E-state index in [1.807, 2.05) is 25.1 Å². The summed E-state index contributed by atoms with van der Waals surface area (Å²) < 4.78 is 0.994. The van der Waals surface area contributed by atoms with Crippen LogP contribution in [0.5, 0.6) is 0 Å². The van der Waals surface area contributed by atoms with Crippen LogP contribution in [0.1, 0.15) is 0 Å². The van der Waals surface area contributed by atoms with Crippen LogP contribution in [0, 0.1) is 3.57 Å². The first kappa shape index (κ1) is 8.58. The normalized spacial score (nSPS) is 9.73. The largest absolute Gasteiger partial charge is 0.398 e. The molecule has 60 valence electrons. The summed E-state index contributed by atoms with van der Waals surface area (Å²) in [6.45, 7) is 0. The third kappa shape index (κ3) is 1.95. The molecule has 0 radical (unpaired) electrons. The van der Waals surface area contributed by atoms with E-state index in [4.69, 9.17) is 5.73 Å². The second-order valence-corrected chi connectivity index (χ2v) is 3.62. The number of aromatic nitrogens is 1. The quantitative estimate of drug-likeness (QED) is 0.777. The zero-order valence-corrected chi connectivity index (χ0v) is 8.66. The maximum absolute atomic E-state index is 5.68. The van der Waals surface area contributed by atoms with Gasteiger partial charge in [0.15, 0.2) is 0 Å². The van der Waals surface area contributed by atoms with Gasteiger partial charge in [-0.2, -0.15) is 0 Å². The molecule has 0 saturated carbocycles. The fourth-order valence-electron chi connectivity index (χ4n) is 0.687. The Bertz CT molecular complexity index is 260. The molecule has 4 heteroatoms. The Morgan fingerprint density at radius 3 is 2.64 bits per heavy atom. The van der Waals surface area contributed by atoms with Gasteiger partial charge >= 0.3 is 0 Å². The highest BCUT2D eigenvalue weighted by molar-refractivity contribution is 14.1. The fraction of sp³-hybridized carbons (Fsp3) is 0.286. The van der Waals surface area contributed by atoms with Gasteiger partial charge in [-0.1, -0.05) is 0 Å². The van der Waals surface area contributed by atoms with Crippen molar-refractivity contribution in [3.05, 3.63) is 15.8 Å². The highest BCUT2D eigenvalue weighted by atomic mass is 127. The van der Waals surface area contributed by atoms with Gasteiger partial charge in [-0.3, -0.25) is 0 Å². The molecule has 11 heavy (non-hydrogen) atoms. The summed E-state index contributed by atoms with van der Waals surface area (Å²) in [6, 6.07) is 1.86. The average Bonchev–Trinajstić information content (AvgIpc) is 1.94. The van der Waals surface area contributed by atoms with Crippen molar-refractivity contribution in [2.75, 3.05) is 24.7 Å². The minimum atomic E-state index is 0.782. The molecule has 0 fully saturated rings. The number of hydrogen-bond donors (Lipinski definition) is 1. The lowest BCUT2D eigenvalue weighted by molar-refractivity contribution is 1.07. The number of anilines is 2. The molecule has 0 saturated heterocycles. The summed E-state index contributed by atoms with van der Waals surface area (Å²) in [7, 11) is 3.88. The molecule has 0 aliphatic rings. The Labute approximate surface area is 79.7 Å². The van der Waals surface area contributed by atoms with Crippen molar-refractivity contribution in [1.29, 1.82) is 0 Å². The van der Waals surface area contributed by atoms with E-state index in [0.29, 0.717) is 0 Å². The van der Waals surface area contributed by atoms with Gasteiger partial charge in [-0.15, -0.1) is 0 Å². The summed E-state index contributed by atoms with van der Waals surface area (Å²) >= 11 is 2.16. The highest BCUT2D eigenvalue weighted by Gasteiger charge is 1.99. The third-order valence-corrected chi connectivity index (χ3v) is 2.23. The molecule has 0 aliphatic carbocycles. The Kier molecular flexibility index (Phi) is 2.53. The number of nitrogens with two attached hydrogens (primary N) is 1. The Balaban J connectivity index is 3.05. The molecule has 2 N–H and O–H groups in total. The second kappa shape index (κ2) is 3.25. The van der Waals surface area contributed by atoms with Crippen LogP contribution < -0.4 is 10.6 Å². The van der Waals surface area contributed by atoms with Crippen molar-refractivity contribution in [3.63, 3.8) is 0 Å². The monoisotopic (exact) mass is 263 g/mol. The van der Waals surface area contributed by atoms with Gasteiger partial charge in [0.1, 0.15) is 5.82 Å². The molecule has 0 atom stereocenters. The molecule has 1 heterocycles. The van der Waals surface area contributed by atoms with Crippen LogP contribution in [0.3, 0.4) is 0 Å². The van der Waals surface area contributed by atoms with Crippen LogP contribution in [0.25, 0.3) is 0 Å². The van der Waals surface area contributed by atoms with Crippen molar-refractivity contribution in [1.82, 2.24) is 4.98 Å². The van der Waals surface area contributed by atoms with Gasteiger partial charge in [0.05, 0.1) is 9.26 Å². The number of nitrogen functional groups attached to an aromatic ring is 1. The first-order valence-corrected chi connectivity index (χ1v) is 4.27. The fourth-order valence-corrected chi connectivity index (χ4v) is 0.982. The van der Waals surface area contributed by atoms with Crippen molar-refractivity contribution in [3.8, 4) is 0 Å². The summed E-state index contributed by atoms with van der Waals surface area (Å²) in [5, 5.41) is 0. The molecular weight excluding hydrogens is 253 g/mol. The molecular formula is C7H10IN3. The minimum Gasteiger partial charge on any atom is -0.398 e. The van der Waals surface area contributed by atoms with E-state index in [-0.39, 0.29) is 0 Å². The topological polar surface area (TPSA) is 42.1 Å². The van der Waals surface area contributed by atoms with Crippen LogP contribution in [0.2, 0.25) is 0 Å². The molecule has 0 aliphatic heterocycles. The van der Waals surface area contributed by atoms with E-state index < -0.39 is 0 Å². The van der Waals surface area contributed by atoms with E-state index in [1.54, 1.807) is 6.20 Å². The second-order valence-electron chi connectivity index (χ2n) is 2.46. The molecule has 1 rings (SSSR count). The Hall–Kier alpha value is -0.520. The molecule has 3 nitrogen and oxygen atoms in total. The van der Waals surface area contributed by atoms with E-state index in [9.17, 15) is 0 Å². The summed E-state index contributed by atoms with van der Waals surface area (Å²) in [6.07, 6.45) is 1.77. The zero-order valence-electron chi connectivity index (χ0n) is 6.50. The standard InChI is InChI=1S/C7H10IN3/c1-11(2)7-3-6(9)5(8)4-10-7/h3-4H,1-2H3,(H2,9,10). The lowest BCUT2D eigenvalue weighted by Gasteiger charge is -2.11.